The summed E-state index contributed by atoms with van der Waals surface area (Å²) in [5, 5.41) is 0.596. The van der Waals surface area contributed by atoms with Crippen LogP contribution in [-0.4, -0.2) is 46.5 Å². The first-order chi connectivity index (χ1) is 14.4. The van der Waals surface area contributed by atoms with Crippen molar-refractivity contribution in [3.8, 4) is 0 Å². The maximum absolute atomic E-state index is 12.9. The van der Waals surface area contributed by atoms with E-state index in [1.165, 1.54) is 28.0 Å². The SMILES string of the molecule is Cc1cnc(N2CCN(C(=O)CCCc3cccc4nc(N)sc34)[C@@H](C)C2)c(C)c1. The molecular formula is C23H29N5OS. The Bertz CT molecular complexity index is 1060. The van der Waals surface area contributed by atoms with Crippen LogP contribution in [-0.2, 0) is 11.2 Å². The fraction of sp³-hybridized carbons (Fsp3) is 0.435. The third kappa shape index (κ3) is 4.26. The minimum absolute atomic E-state index is 0.179. The topological polar surface area (TPSA) is 75.4 Å². The van der Waals surface area contributed by atoms with Crippen LogP contribution in [0.5, 0.6) is 0 Å². The third-order valence-corrected chi connectivity index (χ3v) is 6.76. The van der Waals surface area contributed by atoms with Gasteiger partial charge in [0.15, 0.2) is 5.13 Å². The molecule has 2 aromatic heterocycles. The van der Waals surface area contributed by atoms with E-state index in [1.54, 1.807) is 0 Å². The molecule has 1 fully saturated rings. The number of carbonyl (C=O) groups is 1. The number of thiazole rings is 1. The van der Waals surface area contributed by atoms with Gasteiger partial charge in [0.1, 0.15) is 5.82 Å². The highest BCUT2D eigenvalue weighted by atomic mass is 32.1. The van der Waals surface area contributed by atoms with Crippen molar-refractivity contribution in [1.29, 1.82) is 0 Å². The lowest BCUT2D eigenvalue weighted by atomic mass is 10.1. The molecule has 158 valence electrons. The van der Waals surface area contributed by atoms with Crippen molar-refractivity contribution in [2.24, 2.45) is 0 Å². The molecule has 1 aromatic carbocycles. The number of rotatable bonds is 5. The number of piperazine rings is 1. The number of nitrogen functional groups attached to an aromatic ring is 1. The van der Waals surface area contributed by atoms with Gasteiger partial charge in [-0.3, -0.25) is 4.79 Å². The predicted octanol–water partition coefficient (Wildman–Crippen LogP) is 3.95. The van der Waals surface area contributed by atoms with Gasteiger partial charge in [-0.05, 0) is 56.4 Å². The number of nitrogens with zero attached hydrogens (tertiary/aromatic N) is 4. The normalized spacial score (nSPS) is 17.0. The molecule has 6 nitrogen and oxygen atoms in total. The Morgan fingerprint density at radius 3 is 2.90 bits per heavy atom. The fourth-order valence-corrected chi connectivity index (χ4v) is 5.23. The van der Waals surface area contributed by atoms with E-state index in [9.17, 15) is 4.79 Å². The standard InChI is InChI=1S/C23H29N5OS/c1-15-12-16(2)22(25-13-15)27-10-11-28(17(3)14-27)20(29)9-5-7-18-6-4-8-19-21(18)30-23(24)26-19/h4,6,8,12-13,17H,5,7,9-11,14H2,1-3H3,(H2,24,26)/t17-/m0/s1. The minimum Gasteiger partial charge on any atom is -0.375 e. The van der Waals surface area contributed by atoms with Gasteiger partial charge in [0.2, 0.25) is 5.91 Å². The Kier molecular flexibility index (Phi) is 5.90. The number of hydrogen-bond donors (Lipinski definition) is 1. The van der Waals surface area contributed by atoms with Gasteiger partial charge in [0.25, 0.3) is 0 Å². The van der Waals surface area contributed by atoms with Crippen LogP contribution >= 0.6 is 11.3 Å². The third-order valence-electron chi connectivity index (χ3n) is 5.78. The summed E-state index contributed by atoms with van der Waals surface area (Å²) in [6, 6.07) is 8.47. The number of pyridine rings is 1. The summed E-state index contributed by atoms with van der Waals surface area (Å²) >= 11 is 1.53. The zero-order valence-electron chi connectivity index (χ0n) is 17.9. The Morgan fingerprint density at radius 2 is 2.13 bits per heavy atom. The number of nitrogens with two attached hydrogens (primary N) is 1. The predicted molar refractivity (Wildman–Crippen MR) is 124 cm³/mol. The summed E-state index contributed by atoms with van der Waals surface area (Å²) < 4.78 is 1.14. The van der Waals surface area contributed by atoms with Gasteiger partial charge in [0, 0.05) is 38.3 Å². The molecule has 1 aliphatic rings. The molecule has 1 aliphatic heterocycles. The van der Waals surface area contributed by atoms with Crippen LogP contribution < -0.4 is 10.6 Å². The Morgan fingerprint density at radius 1 is 1.30 bits per heavy atom. The summed E-state index contributed by atoms with van der Waals surface area (Å²) in [5.74, 6) is 1.28. The van der Waals surface area contributed by atoms with Gasteiger partial charge < -0.3 is 15.5 Å². The summed E-state index contributed by atoms with van der Waals surface area (Å²) in [6.07, 6.45) is 4.19. The molecule has 2 N–H and O–H groups in total. The molecule has 0 spiro atoms. The van der Waals surface area contributed by atoms with Crippen LogP contribution in [0.2, 0.25) is 0 Å². The monoisotopic (exact) mass is 423 g/mol. The van der Waals surface area contributed by atoms with Crippen LogP contribution in [0.3, 0.4) is 0 Å². The second-order valence-corrected chi connectivity index (χ2v) is 9.24. The molecule has 1 amide bonds. The van der Waals surface area contributed by atoms with Gasteiger partial charge in [-0.1, -0.05) is 29.5 Å². The molecule has 0 saturated carbocycles. The second-order valence-electron chi connectivity index (χ2n) is 8.21. The number of aryl methyl sites for hydroxylation is 3. The van der Waals surface area contributed by atoms with Crippen LogP contribution in [0.4, 0.5) is 10.9 Å². The van der Waals surface area contributed by atoms with Gasteiger partial charge >= 0.3 is 0 Å². The zero-order valence-corrected chi connectivity index (χ0v) is 18.7. The molecule has 0 bridgehead atoms. The molecule has 0 aliphatic carbocycles. The molecular weight excluding hydrogens is 394 g/mol. The van der Waals surface area contributed by atoms with Crippen molar-refractivity contribution in [3.63, 3.8) is 0 Å². The van der Waals surface area contributed by atoms with Crippen molar-refractivity contribution in [2.45, 2.75) is 46.1 Å². The van der Waals surface area contributed by atoms with Crippen molar-refractivity contribution in [1.82, 2.24) is 14.9 Å². The number of carbonyl (C=O) groups excluding carboxylic acids is 1. The maximum Gasteiger partial charge on any atom is 0.222 e. The molecule has 7 heteroatoms. The summed E-state index contributed by atoms with van der Waals surface area (Å²) in [6.45, 7) is 8.70. The molecule has 1 atom stereocenters. The lowest BCUT2D eigenvalue weighted by Crippen LogP contribution is -2.54. The highest BCUT2D eigenvalue weighted by Crippen LogP contribution is 2.28. The van der Waals surface area contributed by atoms with E-state index < -0.39 is 0 Å². The Hall–Kier alpha value is -2.67. The second kappa shape index (κ2) is 8.60. The molecule has 1 saturated heterocycles. The minimum atomic E-state index is 0.179. The van der Waals surface area contributed by atoms with E-state index >= 15 is 0 Å². The summed E-state index contributed by atoms with van der Waals surface area (Å²) in [5.41, 5.74) is 10.4. The number of benzene rings is 1. The quantitative estimate of drug-likeness (QED) is 0.672. The molecule has 4 rings (SSSR count). The summed E-state index contributed by atoms with van der Waals surface area (Å²) in [4.78, 5) is 26.2. The zero-order chi connectivity index (χ0) is 21.3. The van der Waals surface area contributed by atoms with Gasteiger partial charge in [-0.15, -0.1) is 0 Å². The molecule has 0 radical (unpaired) electrons. The Balaban J connectivity index is 1.33. The molecule has 0 unspecified atom stereocenters. The van der Waals surface area contributed by atoms with Crippen LogP contribution in [0.15, 0.2) is 30.5 Å². The van der Waals surface area contributed by atoms with Gasteiger partial charge in [-0.25, -0.2) is 9.97 Å². The average molecular weight is 424 g/mol. The van der Waals surface area contributed by atoms with E-state index in [2.05, 4.69) is 47.8 Å². The first-order valence-corrected chi connectivity index (χ1v) is 11.4. The first-order valence-electron chi connectivity index (χ1n) is 10.5. The van der Waals surface area contributed by atoms with E-state index in [0.717, 1.165) is 48.5 Å². The number of hydrogen-bond acceptors (Lipinski definition) is 6. The van der Waals surface area contributed by atoms with Crippen LogP contribution in [0.1, 0.15) is 36.5 Å². The van der Waals surface area contributed by atoms with E-state index in [0.29, 0.717) is 11.6 Å². The van der Waals surface area contributed by atoms with E-state index in [4.69, 9.17) is 5.73 Å². The number of fused-ring (bicyclic) bond motifs is 1. The van der Waals surface area contributed by atoms with Crippen LogP contribution in [0.25, 0.3) is 10.2 Å². The van der Waals surface area contributed by atoms with Crippen LogP contribution in [0, 0.1) is 13.8 Å². The van der Waals surface area contributed by atoms with Crippen molar-refractivity contribution < 1.29 is 4.79 Å². The van der Waals surface area contributed by atoms with Crippen molar-refractivity contribution >= 4 is 38.4 Å². The smallest absolute Gasteiger partial charge is 0.222 e. The van der Waals surface area contributed by atoms with E-state index in [1.807, 2.05) is 23.2 Å². The number of amides is 1. The highest BCUT2D eigenvalue weighted by molar-refractivity contribution is 7.22. The number of aromatic nitrogens is 2. The lowest BCUT2D eigenvalue weighted by molar-refractivity contribution is -0.133. The maximum atomic E-state index is 12.9. The summed E-state index contributed by atoms with van der Waals surface area (Å²) in [7, 11) is 0. The van der Waals surface area contributed by atoms with Gasteiger partial charge in [-0.2, -0.15) is 0 Å². The Labute approximate surface area is 181 Å². The highest BCUT2D eigenvalue weighted by Gasteiger charge is 2.28. The molecule has 3 aromatic rings. The number of anilines is 2. The fourth-order valence-electron chi connectivity index (χ4n) is 4.35. The largest absolute Gasteiger partial charge is 0.375 e. The van der Waals surface area contributed by atoms with E-state index in [-0.39, 0.29) is 11.9 Å². The lowest BCUT2D eigenvalue weighted by Gasteiger charge is -2.41. The molecule has 30 heavy (non-hydrogen) atoms. The average Bonchev–Trinajstić information content (AvgIpc) is 3.09. The van der Waals surface area contributed by atoms with Gasteiger partial charge in [0.05, 0.1) is 10.2 Å². The van der Waals surface area contributed by atoms with Crippen molar-refractivity contribution in [2.75, 3.05) is 30.3 Å². The first kappa shape index (κ1) is 20.6. The van der Waals surface area contributed by atoms with Crippen molar-refractivity contribution in [3.05, 3.63) is 47.2 Å². The molecule has 3 heterocycles.